The maximum Gasteiger partial charge on any atom is 0.338 e. The van der Waals surface area contributed by atoms with Crippen molar-refractivity contribution in [1.82, 2.24) is 9.80 Å². The van der Waals surface area contributed by atoms with E-state index in [9.17, 15) is 14.4 Å². The number of esters is 2. The molecule has 0 N–H and O–H groups in total. The number of carbonyl (C=O) groups excluding carboxylic acids is 3. The second kappa shape index (κ2) is 12.7. The molecule has 7 heteroatoms. The molecule has 0 bridgehead atoms. The van der Waals surface area contributed by atoms with Gasteiger partial charge in [0.15, 0.2) is 5.78 Å². The molecule has 0 spiro atoms. The minimum absolute atomic E-state index is 0.212. The predicted molar refractivity (Wildman–Crippen MR) is 150 cm³/mol. The zero-order chi connectivity index (χ0) is 28.1. The van der Waals surface area contributed by atoms with Gasteiger partial charge >= 0.3 is 11.9 Å². The summed E-state index contributed by atoms with van der Waals surface area (Å²) in [6.07, 6.45) is 0. The molecule has 2 aromatic rings. The fourth-order valence-corrected chi connectivity index (χ4v) is 5.21. The first kappa shape index (κ1) is 29.5. The van der Waals surface area contributed by atoms with Gasteiger partial charge in [-0.15, -0.1) is 0 Å². The average molecular weight is 523 g/mol. The topological polar surface area (TPSA) is 76.1 Å². The van der Waals surface area contributed by atoms with E-state index in [-0.39, 0.29) is 19.0 Å². The van der Waals surface area contributed by atoms with Crippen LogP contribution in [0.25, 0.3) is 11.1 Å². The number of hydrogen-bond acceptors (Lipinski definition) is 7. The van der Waals surface area contributed by atoms with Crippen molar-refractivity contribution < 1.29 is 23.9 Å². The molecule has 1 aliphatic rings. The average Bonchev–Trinajstić information content (AvgIpc) is 3.13. The molecule has 0 amide bonds. The first-order valence-corrected chi connectivity index (χ1v) is 13.6. The molecule has 1 aliphatic carbocycles. The van der Waals surface area contributed by atoms with E-state index in [1.54, 1.807) is 36.4 Å². The van der Waals surface area contributed by atoms with Gasteiger partial charge < -0.3 is 9.47 Å². The highest BCUT2D eigenvalue weighted by Gasteiger charge is 2.29. The van der Waals surface area contributed by atoms with Crippen molar-refractivity contribution in [3.8, 4) is 11.1 Å². The van der Waals surface area contributed by atoms with Crippen LogP contribution in [0.4, 0.5) is 0 Å². The number of benzene rings is 2. The minimum atomic E-state index is -0.454. The highest BCUT2D eigenvalue weighted by atomic mass is 16.5. The Bertz CT molecular complexity index is 1060. The first-order chi connectivity index (χ1) is 17.9. The molecule has 0 atom stereocenters. The summed E-state index contributed by atoms with van der Waals surface area (Å²) in [5, 5.41) is 0. The maximum absolute atomic E-state index is 13.2. The van der Waals surface area contributed by atoms with Gasteiger partial charge in [-0.1, -0.05) is 12.1 Å². The molecule has 7 nitrogen and oxygen atoms in total. The molecular weight excluding hydrogens is 480 g/mol. The van der Waals surface area contributed by atoms with Crippen LogP contribution in [-0.2, 0) is 9.47 Å². The van der Waals surface area contributed by atoms with Gasteiger partial charge in [0.05, 0.1) is 11.1 Å². The van der Waals surface area contributed by atoms with Crippen LogP contribution >= 0.6 is 0 Å². The Morgan fingerprint density at radius 1 is 0.605 bits per heavy atom. The fourth-order valence-electron chi connectivity index (χ4n) is 5.21. The number of fused-ring (bicyclic) bond motifs is 3. The molecule has 0 saturated heterocycles. The number of ether oxygens (including phenoxy) is 2. The van der Waals surface area contributed by atoms with Gasteiger partial charge in [0.1, 0.15) is 13.2 Å². The van der Waals surface area contributed by atoms with E-state index in [1.165, 1.54) is 0 Å². The molecule has 3 rings (SSSR count). The van der Waals surface area contributed by atoms with E-state index in [0.29, 0.717) is 59.5 Å². The van der Waals surface area contributed by atoms with E-state index in [2.05, 4.69) is 65.2 Å². The third-order valence-corrected chi connectivity index (χ3v) is 7.11. The number of carbonyl (C=O) groups is 3. The second-order valence-corrected chi connectivity index (χ2v) is 11.0. The lowest BCUT2D eigenvalue weighted by molar-refractivity contribution is 0.0410. The van der Waals surface area contributed by atoms with Crippen LogP contribution in [0.2, 0.25) is 0 Å². The summed E-state index contributed by atoms with van der Waals surface area (Å²) in [6, 6.07) is 11.5. The van der Waals surface area contributed by atoms with Crippen molar-refractivity contribution >= 4 is 17.7 Å². The van der Waals surface area contributed by atoms with Gasteiger partial charge in [0, 0.05) is 48.4 Å². The van der Waals surface area contributed by atoms with Crippen molar-refractivity contribution in [3.63, 3.8) is 0 Å². The van der Waals surface area contributed by atoms with Crippen LogP contribution in [0.1, 0.15) is 92.0 Å². The summed E-state index contributed by atoms with van der Waals surface area (Å²) < 4.78 is 11.0. The quantitative estimate of drug-likeness (QED) is 0.293. The van der Waals surface area contributed by atoms with E-state index in [0.717, 1.165) is 11.1 Å². The Morgan fingerprint density at radius 3 is 1.26 bits per heavy atom. The molecule has 0 fully saturated rings. The van der Waals surface area contributed by atoms with E-state index < -0.39 is 11.9 Å². The molecule has 0 saturated carbocycles. The Hall–Kier alpha value is -3.03. The maximum atomic E-state index is 13.2. The molecular formula is C31H42N2O5. The van der Waals surface area contributed by atoms with Crippen molar-refractivity contribution in [3.05, 3.63) is 58.7 Å². The number of hydrogen-bond donors (Lipinski definition) is 0. The summed E-state index contributed by atoms with van der Waals surface area (Å²) in [5.41, 5.74) is 3.05. The fraction of sp³-hybridized carbons (Fsp3) is 0.516. The highest BCUT2D eigenvalue weighted by Crippen LogP contribution is 2.37. The summed E-state index contributed by atoms with van der Waals surface area (Å²) in [4.78, 5) is 43.1. The van der Waals surface area contributed by atoms with Crippen molar-refractivity contribution in [2.45, 2.75) is 79.6 Å². The molecule has 2 aromatic carbocycles. The van der Waals surface area contributed by atoms with Crippen LogP contribution in [0.5, 0.6) is 0 Å². The molecule has 0 unspecified atom stereocenters. The van der Waals surface area contributed by atoms with Gasteiger partial charge in [-0.3, -0.25) is 14.6 Å². The van der Waals surface area contributed by atoms with Crippen LogP contribution in [0.3, 0.4) is 0 Å². The monoisotopic (exact) mass is 522 g/mol. The number of nitrogens with zero attached hydrogens (tertiary/aromatic N) is 2. The largest absolute Gasteiger partial charge is 0.461 e. The van der Waals surface area contributed by atoms with Crippen molar-refractivity contribution in [2.75, 3.05) is 26.3 Å². The second-order valence-electron chi connectivity index (χ2n) is 11.0. The van der Waals surface area contributed by atoms with Crippen LogP contribution in [0, 0.1) is 0 Å². The first-order valence-electron chi connectivity index (χ1n) is 13.6. The summed E-state index contributed by atoms with van der Waals surface area (Å²) in [6.45, 7) is 18.8. The summed E-state index contributed by atoms with van der Waals surface area (Å²) in [7, 11) is 0. The Labute approximate surface area is 227 Å². The predicted octanol–water partition coefficient (Wildman–Crippen LogP) is 5.45. The summed E-state index contributed by atoms with van der Waals surface area (Å²) in [5.74, 6) is -1.12. The Kier molecular flexibility index (Phi) is 9.85. The van der Waals surface area contributed by atoms with Crippen LogP contribution in [0.15, 0.2) is 36.4 Å². The van der Waals surface area contributed by atoms with Gasteiger partial charge in [0.25, 0.3) is 0 Å². The standard InChI is InChI=1S/C31H42N2O5/c1-19(2)32(20(3)4)13-15-37-30(35)23-9-11-25-26-12-10-24(18-28(26)29(34)27(25)17-23)31(36)38-16-14-33(21(5)6)22(7)8/h9-12,17-22H,13-16H2,1-8H3. The van der Waals surface area contributed by atoms with E-state index in [1.807, 2.05) is 0 Å². The third kappa shape index (κ3) is 6.69. The number of ketones is 1. The van der Waals surface area contributed by atoms with Gasteiger partial charge in [-0.2, -0.15) is 0 Å². The van der Waals surface area contributed by atoms with Gasteiger partial charge in [-0.05, 0) is 90.8 Å². The molecule has 38 heavy (non-hydrogen) atoms. The SMILES string of the molecule is CC(C)N(CCOC(=O)c1ccc2c(c1)C(=O)c1cc(C(=O)OCCN(C(C)C)C(C)C)ccc1-2)C(C)C. The zero-order valence-electron chi connectivity index (χ0n) is 24.0. The van der Waals surface area contributed by atoms with Crippen molar-refractivity contribution in [1.29, 1.82) is 0 Å². The molecule has 0 aliphatic heterocycles. The lowest BCUT2D eigenvalue weighted by Gasteiger charge is -2.30. The minimum Gasteiger partial charge on any atom is -0.461 e. The number of rotatable bonds is 12. The van der Waals surface area contributed by atoms with Gasteiger partial charge in [0.2, 0.25) is 0 Å². The van der Waals surface area contributed by atoms with Gasteiger partial charge in [-0.25, -0.2) is 9.59 Å². The lowest BCUT2D eigenvalue weighted by Crippen LogP contribution is -2.39. The molecule has 0 heterocycles. The smallest absolute Gasteiger partial charge is 0.338 e. The third-order valence-electron chi connectivity index (χ3n) is 7.11. The van der Waals surface area contributed by atoms with E-state index in [4.69, 9.17) is 9.47 Å². The van der Waals surface area contributed by atoms with Crippen molar-refractivity contribution in [2.24, 2.45) is 0 Å². The van der Waals surface area contributed by atoms with Crippen LogP contribution in [-0.4, -0.2) is 78.0 Å². The van der Waals surface area contributed by atoms with Crippen LogP contribution < -0.4 is 0 Å². The van der Waals surface area contributed by atoms with E-state index >= 15 is 0 Å². The molecule has 206 valence electrons. The zero-order valence-corrected chi connectivity index (χ0v) is 24.0. The highest BCUT2D eigenvalue weighted by molar-refractivity contribution is 6.22. The normalized spacial score (nSPS) is 12.7. The summed E-state index contributed by atoms with van der Waals surface area (Å²) >= 11 is 0. The molecule has 0 radical (unpaired) electrons. The molecule has 0 aromatic heterocycles. The lowest BCUT2D eigenvalue weighted by atomic mass is 10.0. The Balaban J connectivity index is 1.66. The Morgan fingerprint density at radius 2 is 0.947 bits per heavy atom.